The average Bonchev–Trinajstić information content (AvgIpc) is 2.90. The summed E-state index contributed by atoms with van der Waals surface area (Å²) in [5.74, 6) is 0.363. The lowest BCUT2D eigenvalue weighted by molar-refractivity contribution is -0.116. The first-order valence-corrected chi connectivity index (χ1v) is 15.6. The van der Waals surface area contributed by atoms with E-state index in [2.05, 4.69) is 86.8 Å². The fourth-order valence-electron chi connectivity index (χ4n) is 4.05. The number of hydrogen-bond donors (Lipinski definition) is 0. The number of carbonyl (C=O) groups is 1. The lowest BCUT2D eigenvalue weighted by Crippen LogP contribution is -1.98. The predicted octanol–water partition coefficient (Wildman–Crippen LogP) is 11.9. The molecule has 0 saturated carbocycles. The largest absolute Gasteiger partial charge is 0.299 e. The van der Waals surface area contributed by atoms with Crippen molar-refractivity contribution in [3.8, 4) is 0 Å². The van der Waals surface area contributed by atoms with Crippen LogP contribution >= 0.6 is 0 Å². The topological polar surface area (TPSA) is 17.1 Å². The maximum absolute atomic E-state index is 12.0. The van der Waals surface area contributed by atoms with E-state index in [0.29, 0.717) is 5.78 Å². The van der Waals surface area contributed by atoms with E-state index in [9.17, 15) is 4.79 Å². The Labute approximate surface area is 232 Å². The Hall–Kier alpha value is -1.89. The first kappa shape index (κ1) is 35.1. The molecule has 0 unspecified atom stereocenters. The van der Waals surface area contributed by atoms with E-state index in [1.165, 1.54) is 64.2 Å². The van der Waals surface area contributed by atoms with E-state index >= 15 is 0 Å². The van der Waals surface area contributed by atoms with Gasteiger partial charge in [0.2, 0.25) is 0 Å². The second-order valence-corrected chi connectivity index (χ2v) is 9.91. The third kappa shape index (κ3) is 32.1. The van der Waals surface area contributed by atoms with Gasteiger partial charge >= 0.3 is 0 Å². The van der Waals surface area contributed by atoms with Crippen LogP contribution < -0.4 is 0 Å². The van der Waals surface area contributed by atoms with Crippen molar-refractivity contribution in [1.29, 1.82) is 0 Å². The van der Waals surface area contributed by atoms with Crippen molar-refractivity contribution in [2.45, 2.75) is 142 Å². The summed E-state index contributed by atoms with van der Waals surface area (Å²) in [5, 5.41) is 0. The fraction of sp³-hybridized carbons (Fsp3) is 0.611. The smallest absolute Gasteiger partial charge is 0.136 e. The molecule has 0 atom stereocenters. The zero-order valence-corrected chi connectivity index (χ0v) is 24.6. The number of rotatable bonds is 27. The molecule has 209 valence electrons. The summed E-state index contributed by atoms with van der Waals surface area (Å²) in [4.78, 5) is 12.0. The molecular weight excluding hydrogens is 448 g/mol. The van der Waals surface area contributed by atoms with Gasteiger partial charge in [0, 0.05) is 12.8 Å². The summed E-state index contributed by atoms with van der Waals surface area (Å²) in [6.45, 7) is 4.34. The Balaban J connectivity index is 3.34. The first-order chi connectivity index (χ1) is 18.3. The van der Waals surface area contributed by atoms with Gasteiger partial charge in [0.05, 0.1) is 0 Å². The molecule has 0 fully saturated rings. The number of unbranched alkanes of at least 4 members (excludes halogenated alkanes) is 11. The molecule has 0 amide bonds. The highest BCUT2D eigenvalue weighted by atomic mass is 16.1. The maximum Gasteiger partial charge on any atom is 0.136 e. The van der Waals surface area contributed by atoms with Gasteiger partial charge < -0.3 is 0 Å². The highest BCUT2D eigenvalue weighted by Gasteiger charge is 2.02. The molecule has 0 aliphatic heterocycles. The Morgan fingerprint density at radius 3 is 1.22 bits per heavy atom. The third-order valence-electron chi connectivity index (χ3n) is 6.30. The molecule has 0 aromatic heterocycles. The van der Waals surface area contributed by atoms with Crippen molar-refractivity contribution < 1.29 is 4.79 Å². The zero-order chi connectivity index (χ0) is 26.9. The summed E-state index contributed by atoms with van der Waals surface area (Å²) in [7, 11) is 0. The number of hydrogen-bond acceptors (Lipinski definition) is 1. The van der Waals surface area contributed by atoms with E-state index < -0.39 is 0 Å². The minimum Gasteiger partial charge on any atom is -0.299 e. The van der Waals surface area contributed by atoms with Crippen molar-refractivity contribution in [2.75, 3.05) is 0 Å². The van der Waals surface area contributed by atoms with E-state index in [0.717, 1.165) is 64.2 Å². The van der Waals surface area contributed by atoms with Gasteiger partial charge in [-0.3, -0.25) is 4.79 Å². The Morgan fingerprint density at radius 2 is 0.757 bits per heavy atom. The standard InChI is InChI=1S/C36H59O/c1-3-5-7-9-11-13-15-17-19-21-23-25-27-29-31-33-35-36(37)34-32-30-28-26-24-22-20-18-16-14-12-10-8-6-4-2/h5-8,11-14,17-20,35H,3-4,9-10,15-16,21-34H2,1-2H3/b7-5-,8-6?,13-11-,14-12?,19-17-,20-18?. The van der Waals surface area contributed by atoms with Crippen molar-refractivity contribution in [1.82, 2.24) is 0 Å². The molecule has 0 spiro atoms. The molecule has 0 saturated heterocycles. The lowest BCUT2D eigenvalue weighted by atomic mass is 10.0. The molecule has 0 N–H and O–H groups in total. The van der Waals surface area contributed by atoms with Crippen LogP contribution in [0.25, 0.3) is 0 Å². The monoisotopic (exact) mass is 507 g/mol. The van der Waals surface area contributed by atoms with Crippen LogP contribution in [-0.2, 0) is 4.79 Å². The van der Waals surface area contributed by atoms with E-state index in [1.807, 2.05) is 6.42 Å². The summed E-state index contributed by atoms with van der Waals surface area (Å²) in [6.07, 6.45) is 51.9. The van der Waals surface area contributed by atoms with Crippen LogP contribution in [-0.4, -0.2) is 5.78 Å². The number of Topliss-reactive ketones (excluding diaryl/α,β-unsaturated/α-hetero) is 1. The maximum atomic E-state index is 12.0. The molecule has 37 heavy (non-hydrogen) atoms. The molecule has 0 bridgehead atoms. The van der Waals surface area contributed by atoms with Gasteiger partial charge in [-0.05, 0) is 77.0 Å². The average molecular weight is 508 g/mol. The van der Waals surface area contributed by atoms with Crippen LogP contribution in [0.4, 0.5) is 0 Å². The van der Waals surface area contributed by atoms with E-state index in [4.69, 9.17) is 0 Å². The third-order valence-corrected chi connectivity index (χ3v) is 6.30. The molecule has 0 heterocycles. The highest BCUT2D eigenvalue weighted by molar-refractivity contribution is 5.86. The first-order valence-electron chi connectivity index (χ1n) is 15.6. The van der Waals surface area contributed by atoms with Crippen LogP contribution in [0, 0.1) is 6.42 Å². The van der Waals surface area contributed by atoms with Crippen LogP contribution in [0.5, 0.6) is 0 Å². The second-order valence-electron chi connectivity index (χ2n) is 9.91. The van der Waals surface area contributed by atoms with Crippen molar-refractivity contribution in [2.24, 2.45) is 0 Å². The van der Waals surface area contributed by atoms with Crippen LogP contribution in [0.1, 0.15) is 142 Å². The molecule has 0 aliphatic carbocycles. The molecule has 1 heteroatoms. The quantitative estimate of drug-likeness (QED) is 0.0798. The number of allylic oxidation sites excluding steroid dienone is 12. The predicted molar refractivity (Wildman–Crippen MR) is 168 cm³/mol. The fourth-order valence-corrected chi connectivity index (χ4v) is 4.05. The molecule has 0 aromatic rings. The Bertz CT molecular complexity index is 644. The minimum atomic E-state index is 0.363. The van der Waals surface area contributed by atoms with Crippen molar-refractivity contribution in [3.63, 3.8) is 0 Å². The van der Waals surface area contributed by atoms with Gasteiger partial charge in [-0.25, -0.2) is 0 Å². The van der Waals surface area contributed by atoms with Crippen LogP contribution in [0.2, 0.25) is 0 Å². The van der Waals surface area contributed by atoms with Crippen LogP contribution in [0.15, 0.2) is 72.9 Å². The Morgan fingerprint density at radius 1 is 0.405 bits per heavy atom. The van der Waals surface area contributed by atoms with Gasteiger partial charge in [0.1, 0.15) is 5.78 Å². The van der Waals surface area contributed by atoms with E-state index in [-0.39, 0.29) is 0 Å². The van der Waals surface area contributed by atoms with Gasteiger partial charge in [-0.2, -0.15) is 0 Å². The number of ketones is 1. The summed E-state index contributed by atoms with van der Waals surface area (Å²) in [5.41, 5.74) is 0. The molecule has 1 radical (unpaired) electrons. The molecular formula is C36H59O. The SMILES string of the molecule is CCC=CCC=CCC=CCCCCCCCC(=O)[CH]CCCCCCC/C=C\C/C=C\C/C=C\CC. The van der Waals surface area contributed by atoms with Gasteiger partial charge in [-0.1, -0.05) is 132 Å². The molecule has 0 aromatic carbocycles. The zero-order valence-electron chi connectivity index (χ0n) is 24.6. The highest BCUT2D eigenvalue weighted by Crippen LogP contribution is 2.12. The van der Waals surface area contributed by atoms with Gasteiger partial charge in [-0.15, -0.1) is 0 Å². The van der Waals surface area contributed by atoms with Gasteiger partial charge in [0.25, 0.3) is 0 Å². The lowest BCUT2D eigenvalue weighted by Gasteiger charge is -2.02. The Kier molecular flexibility index (Phi) is 30.5. The molecule has 1 nitrogen and oxygen atoms in total. The summed E-state index contributed by atoms with van der Waals surface area (Å²) in [6, 6.07) is 0. The van der Waals surface area contributed by atoms with Crippen molar-refractivity contribution >= 4 is 5.78 Å². The minimum absolute atomic E-state index is 0.363. The molecule has 0 aliphatic rings. The van der Waals surface area contributed by atoms with Crippen molar-refractivity contribution in [3.05, 3.63) is 79.3 Å². The second kappa shape index (κ2) is 32.1. The summed E-state index contributed by atoms with van der Waals surface area (Å²) < 4.78 is 0. The number of carbonyl (C=O) groups excluding carboxylic acids is 1. The molecule has 0 rings (SSSR count). The van der Waals surface area contributed by atoms with Gasteiger partial charge in [0.15, 0.2) is 0 Å². The normalized spacial score (nSPS) is 12.7. The van der Waals surface area contributed by atoms with E-state index in [1.54, 1.807) is 0 Å². The van der Waals surface area contributed by atoms with Crippen LogP contribution in [0.3, 0.4) is 0 Å². The summed E-state index contributed by atoms with van der Waals surface area (Å²) >= 11 is 0.